The van der Waals surface area contributed by atoms with Crippen molar-refractivity contribution < 1.29 is 9.21 Å². The first-order valence-electron chi connectivity index (χ1n) is 4.25. The van der Waals surface area contributed by atoms with E-state index >= 15 is 0 Å². The Balaban J connectivity index is 3.25. The summed E-state index contributed by atoms with van der Waals surface area (Å²) in [5, 5.41) is 0.0489. The fraction of sp³-hybridized carbons (Fsp3) is 0.556. The van der Waals surface area contributed by atoms with E-state index in [-0.39, 0.29) is 11.1 Å². The van der Waals surface area contributed by atoms with Crippen molar-refractivity contribution in [3.05, 3.63) is 15.7 Å². The number of nitrogens with zero attached hydrogens (tertiary/aromatic N) is 1. The summed E-state index contributed by atoms with van der Waals surface area (Å²) in [6.07, 6.45) is 0.657. The van der Waals surface area contributed by atoms with Gasteiger partial charge in [0, 0.05) is 0 Å². The third kappa shape index (κ3) is 1.86. The van der Waals surface area contributed by atoms with Crippen LogP contribution in [0.15, 0.2) is 9.09 Å². The molecule has 0 aromatic carbocycles. The molecule has 0 spiro atoms. The number of halogens is 2. The summed E-state index contributed by atoms with van der Waals surface area (Å²) in [6.45, 7) is 5.29. The molecule has 0 aliphatic heterocycles. The minimum atomic E-state index is -0.629. The number of aromatic nitrogens is 1. The van der Waals surface area contributed by atoms with Crippen molar-refractivity contribution in [1.82, 2.24) is 4.98 Å². The van der Waals surface area contributed by atoms with E-state index in [1.165, 1.54) is 0 Å². The Labute approximate surface area is 96.0 Å². The quantitative estimate of drug-likeness (QED) is 0.853. The molecule has 78 valence electrons. The molecule has 0 radical (unpaired) electrons. The van der Waals surface area contributed by atoms with Crippen LogP contribution in [0.25, 0.3) is 0 Å². The summed E-state index contributed by atoms with van der Waals surface area (Å²) in [4.78, 5) is 15.5. The number of carbonyl (C=O) groups excluding carboxylic acids is 1. The van der Waals surface area contributed by atoms with E-state index in [2.05, 4.69) is 20.9 Å². The Morgan fingerprint density at radius 1 is 1.71 bits per heavy atom. The van der Waals surface area contributed by atoms with Crippen LogP contribution < -0.4 is 0 Å². The largest absolute Gasteiger partial charge is 0.420 e. The average molecular weight is 281 g/mol. The molecule has 0 aliphatic rings. The number of carbonyl (C=O) groups is 1. The molecule has 0 saturated carbocycles. The van der Waals surface area contributed by atoms with Gasteiger partial charge in [-0.2, -0.15) is 0 Å². The van der Waals surface area contributed by atoms with Crippen molar-refractivity contribution in [3.63, 3.8) is 0 Å². The summed E-state index contributed by atoms with van der Waals surface area (Å²) in [5.41, 5.74) is -0.0624. The van der Waals surface area contributed by atoms with Gasteiger partial charge < -0.3 is 4.42 Å². The van der Waals surface area contributed by atoms with Crippen molar-refractivity contribution in [1.29, 1.82) is 0 Å². The summed E-state index contributed by atoms with van der Waals surface area (Å²) < 4.78 is 5.46. The molecule has 1 aromatic heterocycles. The third-order valence-electron chi connectivity index (χ3n) is 2.57. The monoisotopic (exact) mass is 279 g/mol. The molecule has 14 heavy (non-hydrogen) atoms. The van der Waals surface area contributed by atoms with Crippen molar-refractivity contribution >= 4 is 33.3 Å². The van der Waals surface area contributed by atoms with Crippen molar-refractivity contribution in [2.75, 3.05) is 0 Å². The molecule has 1 rings (SSSR count). The van der Waals surface area contributed by atoms with E-state index in [1.54, 1.807) is 6.92 Å². The van der Waals surface area contributed by atoms with E-state index < -0.39 is 5.41 Å². The highest BCUT2D eigenvalue weighted by Gasteiger charge is 2.35. The maximum atomic E-state index is 11.5. The van der Waals surface area contributed by atoms with Crippen LogP contribution in [0.4, 0.5) is 0 Å². The molecule has 1 atom stereocenters. The van der Waals surface area contributed by atoms with Gasteiger partial charge in [-0.3, -0.25) is 4.79 Å². The summed E-state index contributed by atoms with van der Waals surface area (Å²) in [5.74, 6) is 0.0469. The molecule has 0 aliphatic carbocycles. The van der Waals surface area contributed by atoms with Gasteiger partial charge in [0.1, 0.15) is 11.5 Å². The smallest absolute Gasteiger partial charge is 0.293 e. The molecular formula is C9H11BrClNO2. The maximum Gasteiger partial charge on any atom is 0.293 e. The van der Waals surface area contributed by atoms with Crippen LogP contribution in [0, 0.1) is 0 Å². The van der Waals surface area contributed by atoms with Gasteiger partial charge >= 0.3 is 0 Å². The Hall–Kier alpha value is -0.350. The fourth-order valence-corrected chi connectivity index (χ4v) is 2.13. The van der Waals surface area contributed by atoms with Crippen LogP contribution in [-0.2, 0) is 10.2 Å². The van der Waals surface area contributed by atoms with E-state index in [4.69, 9.17) is 16.0 Å². The van der Waals surface area contributed by atoms with Crippen molar-refractivity contribution in [2.24, 2.45) is 0 Å². The lowest BCUT2D eigenvalue weighted by molar-refractivity contribution is -0.122. The van der Waals surface area contributed by atoms with Gasteiger partial charge in [0.2, 0.25) is 0 Å². The maximum absolute atomic E-state index is 11.5. The summed E-state index contributed by atoms with van der Waals surface area (Å²) in [7, 11) is 0. The highest BCUT2D eigenvalue weighted by Crippen LogP contribution is 2.35. The second-order valence-electron chi connectivity index (χ2n) is 3.33. The van der Waals surface area contributed by atoms with Gasteiger partial charge in [-0.15, -0.1) is 0 Å². The number of hydrogen-bond acceptors (Lipinski definition) is 3. The Morgan fingerprint density at radius 3 is 2.57 bits per heavy atom. The zero-order chi connectivity index (χ0) is 10.9. The van der Waals surface area contributed by atoms with E-state index in [0.717, 1.165) is 0 Å². The van der Waals surface area contributed by atoms with Crippen LogP contribution in [-0.4, -0.2) is 10.8 Å². The summed E-state index contributed by atoms with van der Waals surface area (Å²) >= 11 is 8.81. The topological polar surface area (TPSA) is 43.1 Å². The fourth-order valence-electron chi connectivity index (χ4n) is 1.20. The normalized spacial score (nSPS) is 15.2. The van der Waals surface area contributed by atoms with E-state index in [1.807, 2.05) is 13.8 Å². The minimum absolute atomic E-state index is 0.0469. The van der Waals surface area contributed by atoms with Crippen LogP contribution in [0.3, 0.4) is 0 Å². The highest BCUT2D eigenvalue weighted by molar-refractivity contribution is 9.10. The standard InChI is InChI=1S/C9H11BrClNO2/c1-4-9(3,5(2)13)6-7(10)14-8(11)12-6/h4H2,1-3H3. The van der Waals surface area contributed by atoms with Crippen LogP contribution in [0.1, 0.15) is 32.9 Å². The molecule has 0 fully saturated rings. The molecule has 3 nitrogen and oxygen atoms in total. The van der Waals surface area contributed by atoms with E-state index in [0.29, 0.717) is 16.8 Å². The lowest BCUT2D eigenvalue weighted by Crippen LogP contribution is -2.30. The molecule has 0 N–H and O–H groups in total. The van der Waals surface area contributed by atoms with Gasteiger partial charge in [0.15, 0.2) is 4.67 Å². The molecule has 0 bridgehead atoms. The third-order valence-corrected chi connectivity index (χ3v) is 3.27. The molecule has 0 amide bonds. The number of oxazole rings is 1. The van der Waals surface area contributed by atoms with Gasteiger partial charge in [-0.1, -0.05) is 6.92 Å². The number of ketones is 1. The Morgan fingerprint density at radius 2 is 2.29 bits per heavy atom. The molecule has 5 heteroatoms. The second-order valence-corrected chi connectivity index (χ2v) is 4.37. The lowest BCUT2D eigenvalue weighted by Gasteiger charge is -2.22. The molecule has 0 saturated heterocycles. The molecule has 1 heterocycles. The predicted octanol–water partition coefficient (Wildman–Crippen LogP) is 3.35. The number of Topliss-reactive ketones (excluding diaryl/α,β-unsaturated/α-hetero) is 1. The molecular weight excluding hydrogens is 269 g/mol. The van der Waals surface area contributed by atoms with Crippen LogP contribution >= 0.6 is 27.5 Å². The average Bonchev–Trinajstić information content (AvgIpc) is 2.44. The predicted molar refractivity (Wildman–Crippen MR) is 57.5 cm³/mol. The van der Waals surface area contributed by atoms with Crippen LogP contribution in [0.5, 0.6) is 0 Å². The van der Waals surface area contributed by atoms with Gasteiger partial charge in [0.05, 0.1) is 5.41 Å². The van der Waals surface area contributed by atoms with Gasteiger partial charge in [0.25, 0.3) is 5.35 Å². The van der Waals surface area contributed by atoms with Gasteiger partial charge in [-0.05, 0) is 47.8 Å². The summed E-state index contributed by atoms with van der Waals surface area (Å²) in [6, 6.07) is 0. The minimum Gasteiger partial charge on any atom is -0.420 e. The first kappa shape index (κ1) is 11.7. The van der Waals surface area contributed by atoms with E-state index in [9.17, 15) is 4.79 Å². The Kier molecular flexibility index (Phi) is 3.37. The van der Waals surface area contributed by atoms with Crippen molar-refractivity contribution in [3.8, 4) is 0 Å². The Bertz CT molecular complexity index is 364. The highest BCUT2D eigenvalue weighted by atomic mass is 79.9. The van der Waals surface area contributed by atoms with Gasteiger partial charge in [-0.25, -0.2) is 4.98 Å². The van der Waals surface area contributed by atoms with Crippen molar-refractivity contribution in [2.45, 2.75) is 32.6 Å². The molecule has 1 unspecified atom stereocenters. The number of rotatable bonds is 3. The lowest BCUT2D eigenvalue weighted by atomic mass is 9.81. The number of hydrogen-bond donors (Lipinski definition) is 0. The first-order valence-corrected chi connectivity index (χ1v) is 5.42. The SMILES string of the molecule is CCC(C)(C(C)=O)c1nc(Cl)oc1Br. The zero-order valence-corrected chi connectivity index (χ0v) is 10.6. The first-order chi connectivity index (χ1) is 6.41. The zero-order valence-electron chi connectivity index (χ0n) is 8.23. The molecule has 1 aromatic rings. The van der Waals surface area contributed by atoms with Crippen LogP contribution in [0.2, 0.25) is 5.35 Å². The second kappa shape index (κ2) is 4.03.